The lowest BCUT2D eigenvalue weighted by Gasteiger charge is -2.21. The van der Waals surface area contributed by atoms with Gasteiger partial charge in [0.25, 0.3) is 5.91 Å². The van der Waals surface area contributed by atoms with Crippen LogP contribution in [-0.2, 0) is 4.79 Å². The van der Waals surface area contributed by atoms with Gasteiger partial charge in [0, 0.05) is 5.54 Å². The highest BCUT2D eigenvalue weighted by molar-refractivity contribution is 6.32. The normalized spacial score (nSPS) is 20.3. The van der Waals surface area contributed by atoms with Gasteiger partial charge in [0.2, 0.25) is 6.79 Å². The number of guanidine groups is 1. The van der Waals surface area contributed by atoms with Crippen LogP contribution in [0, 0.1) is 0 Å². The first-order chi connectivity index (χ1) is 9.83. The van der Waals surface area contributed by atoms with Crippen LogP contribution in [0.3, 0.4) is 0 Å². The summed E-state index contributed by atoms with van der Waals surface area (Å²) in [5.41, 5.74) is 0.487. The summed E-state index contributed by atoms with van der Waals surface area (Å²) < 4.78 is 10.6. The van der Waals surface area contributed by atoms with E-state index in [2.05, 4.69) is 15.6 Å². The lowest BCUT2D eigenvalue weighted by atomic mass is 10.1. The van der Waals surface area contributed by atoms with Crippen molar-refractivity contribution in [2.45, 2.75) is 32.4 Å². The Hall–Kier alpha value is -1.95. The molecule has 0 spiro atoms. The topological polar surface area (TPSA) is 72.0 Å². The molecule has 7 heteroatoms. The summed E-state index contributed by atoms with van der Waals surface area (Å²) in [6, 6.07) is 2.78. The van der Waals surface area contributed by atoms with Gasteiger partial charge in [0.15, 0.2) is 23.5 Å². The van der Waals surface area contributed by atoms with Crippen molar-refractivity contribution in [2.24, 2.45) is 4.99 Å². The monoisotopic (exact) mass is 309 g/mol. The van der Waals surface area contributed by atoms with Crippen molar-refractivity contribution in [3.05, 3.63) is 22.7 Å². The van der Waals surface area contributed by atoms with E-state index in [1.165, 1.54) is 0 Å². The number of aliphatic imine (C=N–C) groups is 1. The predicted molar refractivity (Wildman–Crippen MR) is 78.8 cm³/mol. The number of amides is 1. The molecule has 0 aromatic heterocycles. The summed E-state index contributed by atoms with van der Waals surface area (Å²) in [5, 5.41) is 6.29. The fourth-order valence-corrected chi connectivity index (χ4v) is 2.47. The van der Waals surface area contributed by atoms with Crippen LogP contribution in [0.25, 0.3) is 0 Å². The van der Waals surface area contributed by atoms with E-state index in [-0.39, 0.29) is 18.2 Å². The number of hydrogen-bond donors (Lipinski definition) is 2. The van der Waals surface area contributed by atoms with Crippen LogP contribution in [0.2, 0.25) is 5.02 Å². The number of halogens is 1. The van der Waals surface area contributed by atoms with Crippen LogP contribution >= 0.6 is 11.6 Å². The van der Waals surface area contributed by atoms with E-state index < -0.39 is 6.04 Å². The zero-order chi connectivity index (χ0) is 15.2. The number of fused-ring (bicyclic) bond motifs is 1. The molecule has 1 atom stereocenters. The Morgan fingerprint density at radius 1 is 1.38 bits per heavy atom. The SMILES string of the molecule is CC(C)(C)NC1=NC(c2cc(Cl)c3c(c2)OCO3)C(=O)N1. The summed E-state index contributed by atoms with van der Waals surface area (Å²) >= 11 is 6.14. The average Bonchev–Trinajstić information content (AvgIpc) is 2.93. The zero-order valence-corrected chi connectivity index (χ0v) is 12.7. The molecule has 0 saturated carbocycles. The second-order valence-corrected chi connectivity index (χ2v) is 6.39. The number of hydrogen-bond acceptors (Lipinski definition) is 5. The Morgan fingerprint density at radius 3 is 2.86 bits per heavy atom. The van der Waals surface area contributed by atoms with Gasteiger partial charge in [-0.2, -0.15) is 0 Å². The van der Waals surface area contributed by atoms with E-state index in [1.807, 2.05) is 20.8 Å². The van der Waals surface area contributed by atoms with Gasteiger partial charge < -0.3 is 14.8 Å². The molecule has 2 N–H and O–H groups in total. The summed E-state index contributed by atoms with van der Waals surface area (Å²) in [7, 11) is 0. The smallest absolute Gasteiger partial charge is 0.256 e. The van der Waals surface area contributed by atoms with Crippen LogP contribution in [0.4, 0.5) is 0 Å². The Morgan fingerprint density at radius 2 is 2.14 bits per heavy atom. The number of ether oxygens (including phenoxy) is 2. The van der Waals surface area contributed by atoms with Gasteiger partial charge in [-0.25, -0.2) is 4.99 Å². The number of nitrogens with zero attached hydrogens (tertiary/aromatic N) is 1. The van der Waals surface area contributed by atoms with Crippen molar-refractivity contribution in [1.29, 1.82) is 0 Å². The van der Waals surface area contributed by atoms with Crippen molar-refractivity contribution < 1.29 is 14.3 Å². The highest BCUT2D eigenvalue weighted by Gasteiger charge is 2.31. The maximum absolute atomic E-state index is 12.1. The summed E-state index contributed by atoms with van der Waals surface area (Å²) in [6.45, 7) is 6.11. The minimum atomic E-state index is -0.637. The van der Waals surface area contributed by atoms with Gasteiger partial charge in [-0.1, -0.05) is 11.6 Å². The molecule has 3 rings (SSSR count). The van der Waals surface area contributed by atoms with Crippen molar-refractivity contribution >= 4 is 23.5 Å². The summed E-state index contributed by atoms with van der Waals surface area (Å²) in [4.78, 5) is 16.5. The van der Waals surface area contributed by atoms with Gasteiger partial charge in [-0.05, 0) is 38.5 Å². The second-order valence-electron chi connectivity index (χ2n) is 5.98. The summed E-state index contributed by atoms with van der Waals surface area (Å²) in [6.07, 6.45) is 0. The first-order valence-electron chi connectivity index (χ1n) is 6.59. The van der Waals surface area contributed by atoms with Crippen molar-refractivity contribution in [3.63, 3.8) is 0 Å². The van der Waals surface area contributed by atoms with E-state index >= 15 is 0 Å². The van der Waals surface area contributed by atoms with Gasteiger partial charge in [-0.3, -0.25) is 10.1 Å². The molecule has 0 fully saturated rings. The van der Waals surface area contributed by atoms with E-state index in [0.29, 0.717) is 28.0 Å². The van der Waals surface area contributed by atoms with Gasteiger partial charge in [-0.15, -0.1) is 0 Å². The van der Waals surface area contributed by atoms with Crippen LogP contribution in [0.15, 0.2) is 17.1 Å². The number of rotatable bonds is 1. The van der Waals surface area contributed by atoms with Crippen molar-refractivity contribution in [3.8, 4) is 11.5 Å². The lowest BCUT2D eigenvalue weighted by molar-refractivity contribution is -0.120. The van der Waals surface area contributed by atoms with Crippen LogP contribution in [-0.4, -0.2) is 24.2 Å². The fraction of sp³-hybridized carbons (Fsp3) is 0.429. The van der Waals surface area contributed by atoms with Crippen LogP contribution in [0.5, 0.6) is 11.5 Å². The highest BCUT2D eigenvalue weighted by atomic mass is 35.5. The predicted octanol–water partition coefficient (Wildman–Crippen LogP) is 1.98. The molecule has 1 unspecified atom stereocenters. The molecule has 0 aliphatic carbocycles. The average molecular weight is 310 g/mol. The van der Waals surface area contributed by atoms with E-state index in [1.54, 1.807) is 12.1 Å². The van der Waals surface area contributed by atoms with Gasteiger partial charge in [0.05, 0.1) is 5.02 Å². The molecule has 0 radical (unpaired) electrons. The highest BCUT2D eigenvalue weighted by Crippen LogP contribution is 2.41. The maximum atomic E-state index is 12.1. The first kappa shape index (κ1) is 14.0. The molecule has 1 amide bonds. The molecule has 0 bridgehead atoms. The van der Waals surface area contributed by atoms with Crippen LogP contribution in [0.1, 0.15) is 32.4 Å². The molecular weight excluding hydrogens is 294 g/mol. The second kappa shape index (κ2) is 4.80. The Labute approximate surface area is 127 Å². The standard InChI is InChI=1S/C14H16ClN3O3/c1-14(2,3)18-13-16-10(12(19)17-13)7-4-8(15)11-9(5-7)20-6-21-11/h4-5,10H,6H2,1-3H3,(H2,16,17,18,19). The number of carbonyl (C=O) groups excluding carboxylic acids is 1. The molecule has 2 heterocycles. The fourth-order valence-electron chi connectivity index (χ4n) is 2.19. The summed E-state index contributed by atoms with van der Waals surface area (Å²) in [5.74, 6) is 1.32. The Bertz CT molecular complexity index is 637. The molecule has 21 heavy (non-hydrogen) atoms. The van der Waals surface area contributed by atoms with E-state index in [0.717, 1.165) is 0 Å². The van der Waals surface area contributed by atoms with Crippen molar-refractivity contribution in [1.82, 2.24) is 10.6 Å². The molecule has 2 aliphatic heterocycles. The third-order valence-electron chi connectivity index (χ3n) is 3.01. The van der Waals surface area contributed by atoms with E-state index in [9.17, 15) is 4.79 Å². The zero-order valence-electron chi connectivity index (χ0n) is 12.0. The number of benzene rings is 1. The van der Waals surface area contributed by atoms with Gasteiger partial charge in [0.1, 0.15) is 0 Å². The maximum Gasteiger partial charge on any atom is 0.256 e. The van der Waals surface area contributed by atoms with E-state index in [4.69, 9.17) is 21.1 Å². The quantitative estimate of drug-likeness (QED) is 0.832. The van der Waals surface area contributed by atoms with Crippen molar-refractivity contribution in [2.75, 3.05) is 6.79 Å². The Balaban J connectivity index is 1.90. The third kappa shape index (κ3) is 2.76. The third-order valence-corrected chi connectivity index (χ3v) is 3.29. The minimum absolute atomic E-state index is 0.134. The minimum Gasteiger partial charge on any atom is -0.454 e. The Kier molecular flexibility index (Phi) is 3.20. The molecule has 1 aromatic rings. The number of nitrogens with one attached hydrogen (secondary N) is 2. The first-order valence-corrected chi connectivity index (χ1v) is 6.97. The molecule has 6 nitrogen and oxygen atoms in total. The molecule has 0 saturated heterocycles. The van der Waals surface area contributed by atoms with Crippen LogP contribution < -0.4 is 20.1 Å². The molecule has 112 valence electrons. The van der Waals surface area contributed by atoms with Gasteiger partial charge >= 0.3 is 0 Å². The molecule has 2 aliphatic rings. The number of carbonyl (C=O) groups is 1. The largest absolute Gasteiger partial charge is 0.454 e. The lowest BCUT2D eigenvalue weighted by Crippen LogP contribution is -2.46. The molecule has 1 aromatic carbocycles. The molecular formula is C14H16ClN3O3.